The van der Waals surface area contributed by atoms with Gasteiger partial charge in [0.05, 0.1) is 5.56 Å². The predicted molar refractivity (Wildman–Crippen MR) is 39.2 cm³/mol. The van der Waals surface area contributed by atoms with Crippen molar-refractivity contribution in [3.8, 4) is 0 Å². The first-order valence-electron chi connectivity index (χ1n) is 3.00. The number of nitrogens with two attached hydrogens (primary N) is 2. The Bertz CT molecular complexity index is 260. The van der Waals surface area contributed by atoms with Crippen molar-refractivity contribution < 1.29 is 17.8 Å². The Morgan fingerprint density at radius 1 is 1.55 bits per heavy atom. The monoisotopic (exact) mass is 171 g/mol. The standard InChI is InChI=1S/C7H9N3.ClH/c1-5-2-6(7(8)9)4-10-3-5;/h2-4H,1H3,(H3,8,9);1H. The molecule has 1 rings (SSSR count). The van der Waals surface area contributed by atoms with Crippen LogP contribution in [-0.2, 0) is 0 Å². The van der Waals surface area contributed by atoms with Crippen molar-refractivity contribution in [1.29, 1.82) is 0 Å². The quantitative estimate of drug-likeness (QED) is 0.333. The van der Waals surface area contributed by atoms with Crippen LogP contribution >= 0.6 is 0 Å². The summed E-state index contributed by atoms with van der Waals surface area (Å²) in [5.74, 6) is 0.316. The van der Waals surface area contributed by atoms with E-state index < -0.39 is 0 Å². The summed E-state index contributed by atoms with van der Waals surface area (Å²) in [6, 6.07) is 1.89. The van der Waals surface area contributed by atoms with Crippen molar-refractivity contribution in [3.05, 3.63) is 29.6 Å². The van der Waals surface area contributed by atoms with Crippen LogP contribution in [0.15, 0.2) is 18.5 Å². The molecular weight excluding hydrogens is 162 g/mol. The SMILES string of the molecule is Cc1cncc(C(N)=[NH2+])c1.[Cl-]. The van der Waals surface area contributed by atoms with E-state index in [4.69, 9.17) is 11.1 Å². The maximum absolute atomic E-state index is 5.34. The lowest BCUT2D eigenvalue weighted by atomic mass is 10.2. The fourth-order valence-corrected chi connectivity index (χ4v) is 0.713. The Labute approximate surface area is 71.6 Å². The molecule has 0 aliphatic heterocycles. The molecule has 0 saturated carbocycles. The van der Waals surface area contributed by atoms with Gasteiger partial charge in [0, 0.05) is 12.4 Å². The van der Waals surface area contributed by atoms with E-state index in [1.165, 1.54) is 0 Å². The van der Waals surface area contributed by atoms with Crippen LogP contribution in [0, 0.1) is 6.92 Å². The van der Waals surface area contributed by atoms with Gasteiger partial charge < -0.3 is 12.4 Å². The molecule has 0 radical (unpaired) electrons. The van der Waals surface area contributed by atoms with Crippen LogP contribution in [0.5, 0.6) is 0 Å². The minimum Gasteiger partial charge on any atom is -1.00 e. The van der Waals surface area contributed by atoms with Gasteiger partial charge in [-0.3, -0.25) is 16.1 Å². The third-order valence-electron chi connectivity index (χ3n) is 1.21. The van der Waals surface area contributed by atoms with Gasteiger partial charge in [-0.25, -0.2) is 0 Å². The van der Waals surface area contributed by atoms with Crippen LogP contribution in [0.25, 0.3) is 0 Å². The van der Waals surface area contributed by atoms with Crippen molar-refractivity contribution >= 4 is 5.84 Å². The number of nitrogens with zero attached hydrogens (tertiary/aromatic N) is 1. The highest BCUT2D eigenvalue weighted by Crippen LogP contribution is 1.97. The number of rotatable bonds is 1. The van der Waals surface area contributed by atoms with Gasteiger partial charge in [0.15, 0.2) is 0 Å². The van der Waals surface area contributed by atoms with Crippen LogP contribution < -0.4 is 23.5 Å². The van der Waals surface area contributed by atoms with Gasteiger partial charge in [0.25, 0.3) is 5.84 Å². The molecule has 0 aromatic carbocycles. The molecule has 1 aromatic rings. The first-order valence-corrected chi connectivity index (χ1v) is 3.00. The van der Waals surface area contributed by atoms with Gasteiger partial charge >= 0.3 is 0 Å². The fraction of sp³-hybridized carbons (Fsp3) is 0.143. The topological polar surface area (TPSA) is 64.5 Å². The molecule has 0 aliphatic rings. The van der Waals surface area contributed by atoms with Crippen molar-refractivity contribution in [1.82, 2.24) is 4.98 Å². The number of aromatic nitrogens is 1. The molecule has 0 spiro atoms. The number of hydrogen-bond acceptors (Lipinski definition) is 1. The highest BCUT2D eigenvalue weighted by molar-refractivity contribution is 5.92. The van der Waals surface area contributed by atoms with Gasteiger partial charge in [-0.2, -0.15) is 0 Å². The molecule has 0 unspecified atom stereocenters. The molecule has 60 valence electrons. The lowest BCUT2D eigenvalue weighted by molar-refractivity contribution is -0.114. The molecule has 0 atom stereocenters. The maximum atomic E-state index is 5.34. The number of amidine groups is 1. The average molecular weight is 172 g/mol. The van der Waals surface area contributed by atoms with Crippen LogP contribution in [0.1, 0.15) is 11.1 Å². The van der Waals surface area contributed by atoms with E-state index in [1.807, 2.05) is 13.0 Å². The van der Waals surface area contributed by atoms with Gasteiger partial charge in [0.1, 0.15) is 0 Å². The summed E-state index contributed by atoms with van der Waals surface area (Å²) in [6.07, 6.45) is 3.40. The van der Waals surface area contributed by atoms with Gasteiger partial charge in [-0.15, -0.1) is 0 Å². The highest BCUT2D eigenvalue weighted by atomic mass is 35.5. The normalized spacial score (nSPS) is 8.45. The number of halogens is 1. The molecule has 11 heavy (non-hydrogen) atoms. The maximum Gasteiger partial charge on any atom is 0.272 e. The molecule has 1 heterocycles. The Balaban J connectivity index is 0.000001000. The average Bonchev–Trinajstić information content (AvgIpc) is 1.88. The van der Waals surface area contributed by atoms with Crippen molar-refractivity contribution in [2.75, 3.05) is 0 Å². The third kappa shape index (κ3) is 2.55. The largest absolute Gasteiger partial charge is 1.00 e. The molecule has 0 amide bonds. The zero-order chi connectivity index (χ0) is 7.56. The fourth-order valence-electron chi connectivity index (χ4n) is 0.713. The molecule has 1 aromatic heterocycles. The van der Waals surface area contributed by atoms with E-state index in [-0.39, 0.29) is 12.4 Å². The van der Waals surface area contributed by atoms with Crippen molar-refractivity contribution in [2.24, 2.45) is 5.73 Å². The molecule has 3 nitrogen and oxygen atoms in total. The Morgan fingerprint density at radius 3 is 2.55 bits per heavy atom. The molecule has 0 aliphatic carbocycles. The summed E-state index contributed by atoms with van der Waals surface area (Å²) < 4.78 is 0. The lowest BCUT2D eigenvalue weighted by Crippen LogP contribution is -3.00. The van der Waals surface area contributed by atoms with E-state index in [1.54, 1.807) is 12.4 Å². The minimum atomic E-state index is 0. The van der Waals surface area contributed by atoms with Crippen molar-refractivity contribution in [2.45, 2.75) is 6.92 Å². The highest BCUT2D eigenvalue weighted by Gasteiger charge is 1.99. The summed E-state index contributed by atoms with van der Waals surface area (Å²) >= 11 is 0. The van der Waals surface area contributed by atoms with Crippen molar-refractivity contribution in [3.63, 3.8) is 0 Å². The van der Waals surface area contributed by atoms with E-state index >= 15 is 0 Å². The first kappa shape index (κ1) is 9.91. The van der Waals surface area contributed by atoms with Crippen LogP contribution in [-0.4, -0.2) is 10.8 Å². The number of aryl methyl sites for hydroxylation is 1. The van der Waals surface area contributed by atoms with Gasteiger partial charge in [0.2, 0.25) is 0 Å². The second-order valence-corrected chi connectivity index (χ2v) is 2.21. The lowest BCUT2D eigenvalue weighted by Gasteiger charge is -1.92. The number of hydrogen-bond donors (Lipinski definition) is 2. The Hall–Kier alpha value is -1.09. The predicted octanol–water partition coefficient (Wildman–Crippen LogP) is -4.14. The third-order valence-corrected chi connectivity index (χ3v) is 1.21. The Morgan fingerprint density at radius 2 is 2.18 bits per heavy atom. The minimum absolute atomic E-state index is 0. The summed E-state index contributed by atoms with van der Waals surface area (Å²) in [4.78, 5) is 3.92. The van der Waals surface area contributed by atoms with Crippen LogP contribution in [0.3, 0.4) is 0 Å². The van der Waals surface area contributed by atoms with E-state index in [2.05, 4.69) is 4.98 Å². The van der Waals surface area contributed by atoms with Gasteiger partial charge in [-0.1, -0.05) is 0 Å². The molecule has 4 N–H and O–H groups in total. The van der Waals surface area contributed by atoms with E-state index in [0.717, 1.165) is 11.1 Å². The van der Waals surface area contributed by atoms with E-state index in [9.17, 15) is 0 Å². The summed E-state index contributed by atoms with van der Waals surface area (Å²) in [7, 11) is 0. The number of pyridine rings is 1. The summed E-state index contributed by atoms with van der Waals surface area (Å²) in [5.41, 5.74) is 7.19. The molecular formula is C7H10ClN3. The van der Waals surface area contributed by atoms with Crippen LogP contribution in [0.4, 0.5) is 0 Å². The van der Waals surface area contributed by atoms with Gasteiger partial charge in [-0.05, 0) is 18.6 Å². The zero-order valence-electron chi connectivity index (χ0n) is 6.21. The summed E-state index contributed by atoms with van der Waals surface area (Å²) in [5, 5.41) is 5.34. The van der Waals surface area contributed by atoms with E-state index in [0.29, 0.717) is 5.84 Å². The molecule has 0 fully saturated rings. The smallest absolute Gasteiger partial charge is 0.272 e. The molecule has 0 bridgehead atoms. The second kappa shape index (κ2) is 3.93. The Kier molecular flexibility index (Phi) is 3.54. The summed E-state index contributed by atoms with van der Waals surface area (Å²) in [6.45, 7) is 1.94. The molecule has 0 saturated heterocycles. The molecule has 4 heteroatoms. The van der Waals surface area contributed by atoms with Crippen LogP contribution in [0.2, 0.25) is 0 Å². The zero-order valence-corrected chi connectivity index (χ0v) is 6.97. The second-order valence-electron chi connectivity index (χ2n) is 2.21. The first-order chi connectivity index (χ1) is 4.70.